The predicted octanol–water partition coefficient (Wildman–Crippen LogP) is 3.51. The number of carbonyl (C=O) groups is 1. The summed E-state index contributed by atoms with van der Waals surface area (Å²) in [4.78, 5) is 23.3. The molecule has 1 aromatic carbocycles. The van der Waals surface area contributed by atoms with E-state index in [1.165, 1.54) is 19.2 Å². The number of carbonyl (C=O) groups excluding carboxylic acids is 1. The van der Waals surface area contributed by atoms with E-state index in [1.54, 1.807) is 6.07 Å². The number of rotatable bonds is 5. The standard InChI is InChI=1S/C19H24N4O2/c1-2-25-17-10-6-5-9-15(17)22-19(24)16-13-18(21-14-20-16)23-11-7-3-4-8-12-23/h5-6,9-10,13-14H,2-4,7-8,11-12H2,1H3,(H,22,24). The smallest absolute Gasteiger partial charge is 0.274 e. The number of hydrogen-bond acceptors (Lipinski definition) is 5. The Labute approximate surface area is 148 Å². The van der Waals surface area contributed by atoms with Crippen molar-refractivity contribution >= 4 is 17.4 Å². The van der Waals surface area contributed by atoms with Crippen molar-refractivity contribution < 1.29 is 9.53 Å². The highest BCUT2D eigenvalue weighted by Crippen LogP contribution is 2.24. The monoisotopic (exact) mass is 340 g/mol. The van der Waals surface area contributed by atoms with Crippen LogP contribution in [0.4, 0.5) is 11.5 Å². The number of hydrogen-bond donors (Lipinski definition) is 1. The summed E-state index contributed by atoms with van der Waals surface area (Å²) < 4.78 is 5.55. The van der Waals surface area contributed by atoms with Gasteiger partial charge in [0.05, 0.1) is 12.3 Å². The fraction of sp³-hybridized carbons (Fsp3) is 0.421. The van der Waals surface area contributed by atoms with Crippen LogP contribution in [-0.2, 0) is 0 Å². The van der Waals surface area contributed by atoms with Crippen LogP contribution in [0.3, 0.4) is 0 Å². The van der Waals surface area contributed by atoms with E-state index in [0.29, 0.717) is 23.7 Å². The highest BCUT2D eigenvalue weighted by atomic mass is 16.5. The second-order valence-electron chi connectivity index (χ2n) is 6.05. The van der Waals surface area contributed by atoms with E-state index >= 15 is 0 Å². The quantitative estimate of drug-likeness (QED) is 0.902. The number of ether oxygens (including phenoxy) is 1. The highest BCUT2D eigenvalue weighted by molar-refractivity contribution is 6.04. The minimum atomic E-state index is -0.259. The first-order valence-corrected chi connectivity index (χ1v) is 8.88. The average molecular weight is 340 g/mol. The van der Waals surface area contributed by atoms with E-state index in [0.717, 1.165) is 31.7 Å². The zero-order valence-electron chi connectivity index (χ0n) is 14.6. The van der Waals surface area contributed by atoms with Crippen molar-refractivity contribution in [2.45, 2.75) is 32.6 Å². The maximum Gasteiger partial charge on any atom is 0.274 e. The molecule has 0 aliphatic carbocycles. The first-order valence-electron chi connectivity index (χ1n) is 8.88. The molecule has 6 heteroatoms. The lowest BCUT2D eigenvalue weighted by Crippen LogP contribution is -2.25. The lowest BCUT2D eigenvalue weighted by atomic mass is 10.2. The third-order valence-electron chi connectivity index (χ3n) is 4.25. The topological polar surface area (TPSA) is 67.3 Å². The summed E-state index contributed by atoms with van der Waals surface area (Å²) in [7, 11) is 0. The summed E-state index contributed by atoms with van der Waals surface area (Å²) in [6, 6.07) is 9.16. The Morgan fingerprint density at radius 1 is 1.16 bits per heavy atom. The molecule has 25 heavy (non-hydrogen) atoms. The van der Waals surface area contributed by atoms with Crippen molar-refractivity contribution in [1.82, 2.24) is 9.97 Å². The predicted molar refractivity (Wildman–Crippen MR) is 98.3 cm³/mol. The molecular weight excluding hydrogens is 316 g/mol. The van der Waals surface area contributed by atoms with Crippen LogP contribution in [0.1, 0.15) is 43.1 Å². The molecule has 1 N–H and O–H groups in total. The molecule has 0 spiro atoms. The molecule has 3 rings (SSSR count). The summed E-state index contributed by atoms with van der Waals surface area (Å²) in [5.41, 5.74) is 1.00. The summed E-state index contributed by atoms with van der Waals surface area (Å²) in [5.74, 6) is 1.21. The van der Waals surface area contributed by atoms with Crippen LogP contribution >= 0.6 is 0 Å². The third kappa shape index (κ3) is 4.47. The molecule has 1 aromatic heterocycles. The number of nitrogens with one attached hydrogen (secondary N) is 1. The van der Waals surface area contributed by atoms with Gasteiger partial charge in [-0.05, 0) is 31.9 Å². The van der Waals surface area contributed by atoms with E-state index in [9.17, 15) is 4.79 Å². The van der Waals surface area contributed by atoms with Crippen LogP contribution in [0.2, 0.25) is 0 Å². The zero-order chi connectivity index (χ0) is 17.5. The van der Waals surface area contributed by atoms with Gasteiger partial charge in [-0.3, -0.25) is 4.79 Å². The normalized spacial score (nSPS) is 14.7. The van der Waals surface area contributed by atoms with Crippen LogP contribution in [0.25, 0.3) is 0 Å². The minimum absolute atomic E-state index is 0.259. The van der Waals surface area contributed by atoms with Gasteiger partial charge in [0.25, 0.3) is 5.91 Å². The molecule has 0 unspecified atom stereocenters. The molecule has 1 saturated heterocycles. The number of benzene rings is 1. The molecule has 2 aromatic rings. The van der Waals surface area contributed by atoms with Crippen LogP contribution < -0.4 is 15.0 Å². The lowest BCUT2D eigenvalue weighted by Gasteiger charge is -2.21. The second kappa shape index (κ2) is 8.46. The molecule has 0 saturated carbocycles. The molecular formula is C19H24N4O2. The molecule has 2 heterocycles. The Bertz CT molecular complexity index is 712. The number of aromatic nitrogens is 2. The van der Waals surface area contributed by atoms with Crippen molar-refractivity contribution in [2.75, 3.05) is 29.9 Å². The number of para-hydroxylation sites is 2. The van der Waals surface area contributed by atoms with Crippen molar-refractivity contribution in [3.63, 3.8) is 0 Å². The first-order chi connectivity index (χ1) is 12.3. The van der Waals surface area contributed by atoms with Gasteiger partial charge in [0, 0.05) is 19.2 Å². The Hall–Kier alpha value is -2.63. The van der Waals surface area contributed by atoms with Gasteiger partial charge in [0.15, 0.2) is 0 Å². The molecule has 6 nitrogen and oxygen atoms in total. The highest BCUT2D eigenvalue weighted by Gasteiger charge is 2.15. The maximum atomic E-state index is 12.6. The maximum absolute atomic E-state index is 12.6. The molecule has 1 amide bonds. The number of amides is 1. The van der Waals surface area contributed by atoms with E-state index < -0.39 is 0 Å². The van der Waals surface area contributed by atoms with Crippen LogP contribution in [0.15, 0.2) is 36.7 Å². The van der Waals surface area contributed by atoms with Crippen LogP contribution in [0, 0.1) is 0 Å². The molecule has 1 aliphatic heterocycles. The lowest BCUT2D eigenvalue weighted by molar-refractivity contribution is 0.102. The first kappa shape index (κ1) is 17.2. The van der Waals surface area contributed by atoms with E-state index in [4.69, 9.17) is 4.74 Å². The molecule has 1 aliphatic rings. The van der Waals surface area contributed by atoms with Crippen molar-refractivity contribution in [3.8, 4) is 5.75 Å². The molecule has 0 radical (unpaired) electrons. The summed E-state index contributed by atoms with van der Waals surface area (Å²) in [6.45, 7) is 4.41. The summed E-state index contributed by atoms with van der Waals surface area (Å²) >= 11 is 0. The molecule has 0 bridgehead atoms. The van der Waals surface area contributed by atoms with Crippen LogP contribution in [0.5, 0.6) is 5.75 Å². The Kier molecular flexibility index (Phi) is 5.82. The van der Waals surface area contributed by atoms with Crippen LogP contribution in [-0.4, -0.2) is 35.6 Å². The molecule has 1 fully saturated rings. The van der Waals surface area contributed by atoms with E-state index in [1.807, 2.05) is 31.2 Å². The zero-order valence-corrected chi connectivity index (χ0v) is 14.6. The fourth-order valence-corrected chi connectivity index (χ4v) is 2.98. The number of anilines is 2. The number of nitrogens with zero attached hydrogens (tertiary/aromatic N) is 3. The van der Waals surface area contributed by atoms with Gasteiger partial charge in [-0.15, -0.1) is 0 Å². The van der Waals surface area contributed by atoms with Gasteiger partial charge in [-0.1, -0.05) is 25.0 Å². The average Bonchev–Trinajstić information content (AvgIpc) is 2.93. The second-order valence-corrected chi connectivity index (χ2v) is 6.05. The third-order valence-corrected chi connectivity index (χ3v) is 4.25. The van der Waals surface area contributed by atoms with Gasteiger partial charge >= 0.3 is 0 Å². The van der Waals surface area contributed by atoms with Gasteiger partial charge in [-0.2, -0.15) is 0 Å². The Morgan fingerprint density at radius 3 is 2.68 bits per heavy atom. The van der Waals surface area contributed by atoms with Gasteiger partial charge in [0.1, 0.15) is 23.6 Å². The molecule has 0 atom stereocenters. The van der Waals surface area contributed by atoms with Gasteiger partial charge < -0.3 is 15.0 Å². The molecule has 132 valence electrons. The minimum Gasteiger partial charge on any atom is -0.492 e. The summed E-state index contributed by atoms with van der Waals surface area (Å²) in [6.07, 6.45) is 6.29. The largest absolute Gasteiger partial charge is 0.492 e. The van der Waals surface area contributed by atoms with E-state index in [-0.39, 0.29) is 5.91 Å². The summed E-state index contributed by atoms with van der Waals surface area (Å²) in [5, 5.41) is 2.88. The van der Waals surface area contributed by atoms with Crippen molar-refractivity contribution in [2.24, 2.45) is 0 Å². The Morgan fingerprint density at radius 2 is 1.92 bits per heavy atom. The Balaban J connectivity index is 1.75. The van der Waals surface area contributed by atoms with Gasteiger partial charge in [0.2, 0.25) is 0 Å². The SMILES string of the molecule is CCOc1ccccc1NC(=O)c1cc(N2CCCCCC2)ncn1. The van der Waals surface area contributed by atoms with E-state index in [2.05, 4.69) is 20.2 Å². The van der Waals surface area contributed by atoms with Crippen molar-refractivity contribution in [3.05, 3.63) is 42.4 Å². The van der Waals surface area contributed by atoms with Crippen molar-refractivity contribution in [1.29, 1.82) is 0 Å². The van der Waals surface area contributed by atoms with Gasteiger partial charge in [-0.25, -0.2) is 9.97 Å². The fourth-order valence-electron chi connectivity index (χ4n) is 2.98.